The number of amides is 1. The minimum Gasteiger partial charge on any atom is -0.441 e. The third-order valence-corrected chi connectivity index (χ3v) is 7.38. The first kappa shape index (κ1) is 19.8. The van der Waals surface area contributed by atoms with Crippen LogP contribution >= 0.6 is 11.6 Å². The highest BCUT2D eigenvalue weighted by Crippen LogP contribution is 2.39. The summed E-state index contributed by atoms with van der Waals surface area (Å²) in [5, 5.41) is 3.34. The number of allylic oxidation sites excluding steroid dienone is 1. The van der Waals surface area contributed by atoms with Crippen molar-refractivity contribution in [3.8, 4) is 0 Å². The van der Waals surface area contributed by atoms with Gasteiger partial charge in [0, 0.05) is 68.2 Å². The average Bonchev–Trinajstić information content (AvgIpc) is 3.39. The Morgan fingerprint density at radius 1 is 1.25 bits per heavy atom. The summed E-state index contributed by atoms with van der Waals surface area (Å²) in [7, 11) is 0. The van der Waals surface area contributed by atoms with E-state index in [0.29, 0.717) is 11.7 Å². The Bertz CT molecular complexity index is 1130. The molecule has 32 heavy (non-hydrogen) atoms. The van der Waals surface area contributed by atoms with Crippen molar-refractivity contribution < 1.29 is 9.53 Å². The number of piperidine rings is 1. The number of carbonyl (C=O) groups is 1. The van der Waals surface area contributed by atoms with Gasteiger partial charge in [-0.05, 0) is 13.0 Å². The van der Waals surface area contributed by atoms with Crippen LogP contribution in [-0.4, -0.2) is 52.3 Å². The third-order valence-electron chi connectivity index (χ3n) is 7.19. The number of halogens is 1. The maximum absolute atomic E-state index is 11.6. The van der Waals surface area contributed by atoms with E-state index in [1.165, 1.54) is 11.1 Å². The van der Waals surface area contributed by atoms with Gasteiger partial charge in [-0.2, -0.15) is 0 Å². The topological polar surface area (TPSA) is 83.5 Å². The van der Waals surface area contributed by atoms with Gasteiger partial charge in [0.2, 0.25) is 0 Å². The zero-order valence-electron chi connectivity index (χ0n) is 18.0. The summed E-state index contributed by atoms with van der Waals surface area (Å²) in [6.07, 6.45) is 8.93. The molecule has 9 heteroatoms. The number of aromatic nitrogens is 3. The van der Waals surface area contributed by atoms with Crippen LogP contribution in [0.3, 0.4) is 0 Å². The highest BCUT2D eigenvalue weighted by Gasteiger charge is 2.43. The molecule has 1 amide bonds. The van der Waals surface area contributed by atoms with Crippen LogP contribution in [0.1, 0.15) is 42.3 Å². The van der Waals surface area contributed by atoms with Gasteiger partial charge >= 0.3 is 6.09 Å². The van der Waals surface area contributed by atoms with Gasteiger partial charge in [0.1, 0.15) is 22.9 Å². The molecule has 6 rings (SSSR count). The number of nitrogens with one attached hydrogen (secondary N) is 1. The van der Waals surface area contributed by atoms with E-state index in [1.54, 1.807) is 6.33 Å². The second-order valence-corrected chi connectivity index (χ2v) is 9.53. The van der Waals surface area contributed by atoms with Crippen molar-refractivity contribution in [2.24, 2.45) is 0 Å². The first-order valence-corrected chi connectivity index (χ1v) is 11.6. The fraction of sp³-hybridized carbons (Fsp3) is 0.478. The molecule has 0 saturated carbocycles. The monoisotopic (exact) mass is 452 g/mol. The molecular weight excluding hydrogens is 428 g/mol. The molecule has 1 aliphatic carbocycles. The van der Waals surface area contributed by atoms with Gasteiger partial charge in [0.25, 0.3) is 0 Å². The lowest BCUT2D eigenvalue weighted by Gasteiger charge is -2.41. The first-order valence-electron chi connectivity index (χ1n) is 11.2. The highest BCUT2D eigenvalue weighted by molar-refractivity contribution is 6.29. The van der Waals surface area contributed by atoms with Crippen LogP contribution in [0.2, 0.25) is 5.15 Å². The Morgan fingerprint density at radius 3 is 2.88 bits per heavy atom. The molecular formula is C23H25ClN6O2. The van der Waals surface area contributed by atoms with Gasteiger partial charge in [0.15, 0.2) is 0 Å². The molecule has 1 atom stereocenters. The molecule has 1 N–H and O–H groups in total. The molecule has 0 bridgehead atoms. The summed E-state index contributed by atoms with van der Waals surface area (Å²) in [5.41, 5.74) is 5.24. The van der Waals surface area contributed by atoms with Crippen molar-refractivity contribution in [2.45, 2.75) is 50.8 Å². The second kappa shape index (κ2) is 7.33. The molecule has 2 aromatic heterocycles. The number of carbonyl (C=O) groups excluding carboxylic acids is 1. The van der Waals surface area contributed by atoms with Crippen LogP contribution in [0.15, 0.2) is 18.5 Å². The molecule has 8 nitrogen and oxygen atoms in total. The summed E-state index contributed by atoms with van der Waals surface area (Å²) in [4.78, 5) is 30.1. The largest absolute Gasteiger partial charge is 0.441 e. The van der Waals surface area contributed by atoms with E-state index in [0.717, 1.165) is 68.2 Å². The number of nitrogens with zero attached hydrogens (tertiary/aromatic N) is 5. The van der Waals surface area contributed by atoms with E-state index in [2.05, 4.69) is 44.2 Å². The van der Waals surface area contributed by atoms with Gasteiger partial charge < -0.3 is 19.9 Å². The van der Waals surface area contributed by atoms with Crippen molar-refractivity contribution in [1.29, 1.82) is 0 Å². The number of hydrogen-bond donors (Lipinski definition) is 1. The number of rotatable bonds is 2. The normalized spacial score (nSPS) is 23.2. The van der Waals surface area contributed by atoms with E-state index in [1.807, 2.05) is 6.07 Å². The van der Waals surface area contributed by atoms with Crippen LogP contribution < -0.4 is 15.1 Å². The van der Waals surface area contributed by atoms with E-state index < -0.39 is 0 Å². The summed E-state index contributed by atoms with van der Waals surface area (Å²) in [5.74, 6) is 0.992. The average molecular weight is 453 g/mol. The zero-order chi connectivity index (χ0) is 21.9. The van der Waals surface area contributed by atoms with Crippen LogP contribution in [0.25, 0.3) is 6.08 Å². The molecule has 0 aromatic carbocycles. The lowest BCUT2D eigenvalue weighted by molar-refractivity contribution is 0.0365. The number of pyridine rings is 1. The van der Waals surface area contributed by atoms with Crippen molar-refractivity contribution in [1.82, 2.24) is 20.3 Å². The van der Waals surface area contributed by atoms with Crippen LogP contribution in [-0.2, 0) is 24.1 Å². The molecule has 0 unspecified atom stereocenters. The Hall–Kier alpha value is -2.87. The third kappa shape index (κ3) is 3.20. The van der Waals surface area contributed by atoms with E-state index in [9.17, 15) is 4.79 Å². The molecule has 1 spiro atoms. The minimum atomic E-state index is -0.373. The van der Waals surface area contributed by atoms with Gasteiger partial charge in [-0.25, -0.2) is 19.7 Å². The molecule has 2 aromatic rings. The number of alkyl carbamates (subject to hydrolysis) is 1. The van der Waals surface area contributed by atoms with E-state index in [-0.39, 0.29) is 17.7 Å². The Morgan fingerprint density at radius 2 is 2.09 bits per heavy atom. The Balaban J connectivity index is 1.30. The van der Waals surface area contributed by atoms with Crippen molar-refractivity contribution >= 4 is 35.3 Å². The molecule has 2 saturated heterocycles. The molecule has 5 heterocycles. The second-order valence-electron chi connectivity index (χ2n) is 9.15. The Labute approximate surface area is 191 Å². The predicted octanol–water partition coefficient (Wildman–Crippen LogP) is 3.12. The fourth-order valence-electron chi connectivity index (χ4n) is 5.42. The lowest BCUT2D eigenvalue weighted by atomic mass is 9.91. The smallest absolute Gasteiger partial charge is 0.407 e. The minimum absolute atomic E-state index is 0.287. The van der Waals surface area contributed by atoms with Gasteiger partial charge in [0.05, 0.1) is 17.9 Å². The number of fused-ring (bicyclic) bond motifs is 2. The Kier molecular flexibility index (Phi) is 4.54. The molecule has 3 aliphatic heterocycles. The van der Waals surface area contributed by atoms with Gasteiger partial charge in [-0.1, -0.05) is 23.8 Å². The standard InChI is InChI=1S/C23H25ClN6O2/c1-14-9-18-16(11-30(14)19-10-20(24)28-17-4-2-3-15(17)19)21(27-13-26-18)29-7-5-23(6-8-29)12-25-22(31)32-23/h2-3,10,13-14H,4-9,11-12H2,1H3,(H,25,31)/t14-/m1/s1. The van der Waals surface area contributed by atoms with Crippen molar-refractivity contribution in [2.75, 3.05) is 29.4 Å². The van der Waals surface area contributed by atoms with Crippen molar-refractivity contribution in [3.05, 3.63) is 46.1 Å². The summed E-state index contributed by atoms with van der Waals surface area (Å²) in [6, 6.07) is 2.27. The van der Waals surface area contributed by atoms with Gasteiger partial charge in [-0.3, -0.25) is 0 Å². The number of hydrogen-bond acceptors (Lipinski definition) is 7. The predicted molar refractivity (Wildman–Crippen MR) is 122 cm³/mol. The SMILES string of the molecule is C[C@@H]1Cc2ncnc(N3CCC4(CC3)CNC(=O)O4)c2CN1c1cc(Cl)nc2c1C=CC2. The number of anilines is 2. The van der Waals surface area contributed by atoms with Crippen LogP contribution in [0, 0.1) is 0 Å². The first-order chi connectivity index (χ1) is 15.5. The molecule has 0 radical (unpaired) electrons. The number of ether oxygens (including phenoxy) is 1. The summed E-state index contributed by atoms with van der Waals surface area (Å²) < 4.78 is 5.59. The molecule has 4 aliphatic rings. The van der Waals surface area contributed by atoms with E-state index >= 15 is 0 Å². The zero-order valence-corrected chi connectivity index (χ0v) is 18.7. The maximum atomic E-state index is 11.6. The maximum Gasteiger partial charge on any atom is 0.407 e. The summed E-state index contributed by atoms with van der Waals surface area (Å²) >= 11 is 6.38. The van der Waals surface area contributed by atoms with Crippen LogP contribution in [0.5, 0.6) is 0 Å². The molecule has 2 fully saturated rings. The van der Waals surface area contributed by atoms with E-state index in [4.69, 9.17) is 21.3 Å². The molecule has 166 valence electrons. The lowest BCUT2D eigenvalue weighted by Crippen LogP contribution is -2.48. The fourth-order valence-corrected chi connectivity index (χ4v) is 5.62. The van der Waals surface area contributed by atoms with Crippen molar-refractivity contribution in [3.63, 3.8) is 0 Å². The van der Waals surface area contributed by atoms with Gasteiger partial charge in [-0.15, -0.1) is 0 Å². The highest BCUT2D eigenvalue weighted by atomic mass is 35.5. The summed E-state index contributed by atoms with van der Waals surface area (Å²) in [6.45, 7) is 5.15. The quantitative estimate of drug-likeness (QED) is 0.701. The van der Waals surface area contributed by atoms with Crippen LogP contribution in [0.4, 0.5) is 16.3 Å².